The van der Waals surface area contributed by atoms with E-state index in [-0.39, 0.29) is 16.2 Å². The van der Waals surface area contributed by atoms with Gasteiger partial charge in [-0.2, -0.15) is 4.31 Å². The highest BCUT2D eigenvalue weighted by Crippen LogP contribution is 2.26. The fourth-order valence-corrected chi connectivity index (χ4v) is 5.12. The van der Waals surface area contributed by atoms with Crippen molar-refractivity contribution in [3.05, 3.63) is 65.7 Å². The number of nitrogens with one attached hydrogen (secondary N) is 1. The van der Waals surface area contributed by atoms with Crippen molar-refractivity contribution >= 4 is 15.9 Å². The van der Waals surface area contributed by atoms with Gasteiger partial charge in [0, 0.05) is 13.1 Å². The molecule has 28 heavy (non-hydrogen) atoms. The molecule has 1 aliphatic heterocycles. The number of amides is 1. The molecule has 0 spiro atoms. The van der Waals surface area contributed by atoms with E-state index in [1.54, 1.807) is 30.3 Å². The first-order valence-corrected chi connectivity index (χ1v) is 11.1. The summed E-state index contributed by atoms with van der Waals surface area (Å²) < 4.78 is 27.1. The fourth-order valence-electron chi connectivity index (χ4n) is 3.45. The zero-order valence-electron chi connectivity index (χ0n) is 16.7. The molecule has 6 heteroatoms. The Hall–Kier alpha value is -2.18. The van der Waals surface area contributed by atoms with Gasteiger partial charge in [-0.15, -0.1) is 0 Å². The minimum absolute atomic E-state index is 0.0813. The van der Waals surface area contributed by atoms with Crippen LogP contribution < -0.4 is 5.32 Å². The Morgan fingerprint density at radius 3 is 2.32 bits per heavy atom. The Morgan fingerprint density at radius 1 is 1.07 bits per heavy atom. The summed E-state index contributed by atoms with van der Waals surface area (Å²) in [6.45, 7) is 7.23. The summed E-state index contributed by atoms with van der Waals surface area (Å²) in [6, 6.07) is 15.8. The summed E-state index contributed by atoms with van der Waals surface area (Å²) in [5.74, 6) is -0.239. The van der Waals surface area contributed by atoms with E-state index in [2.05, 4.69) is 38.2 Å². The molecule has 3 rings (SSSR count). The number of rotatable bonds is 5. The molecular weight excluding hydrogens is 372 g/mol. The van der Waals surface area contributed by atoms with Gasteiger partial charge in [0.1, 0.15) is 6.04 Å². The minimum Gasteiger partial charge on any atom is -0.351 e. The number of carbonyl (C=O) groups is 1. The van der Waals surface area contributed by atoms with Crippen molar-refractivity contribution < 1.29 is 13.2 Å². The van der Waals surface area contributed by atoms with E-state index in [9.17, 15) is 13.2 Å². The molecule has 1 amide bonds. The van der Waals surface area contributed by atoms with Gasteiger partial charge in [0.15, 0.2) is 0 Å². The number of carbonyl (C=O) groups excluding carboxylic acids is 1. The Morgan fingerprint density at radius 2 is 1.71 bits per heavy atom. The van der Waals surface area contributed by atoms with Crippen LogP contribution in [0.2, 0.25) is 0 Å². The Labute approximate surface area is 167 Å². The first kappa shape index (κ1) is 20.6. The van der Waals surface area contributed by atoms with Gasteiger partial charge in [-0.25, -0.2) is 8.42 Å². The molecule has 2 aromatic rings. The number of sulfonamides is 1. The number of hydrogen-bond donors (Lipinski definition) is 1. The third kappa shape index (κ3) is 4.45. The molecule has 0 unspecified atom stereocenters. The summed E-state index contributed by atoms with van der Waals surface area (Å²) in [5, 5.41) is 2.91. The molecule has 5 nitrogen and oxygen atoms in total. The SMILES string of the molecule is CC(C)(C)c1ccc(CNC(=O)[C@@H]2CCCN2S(=O)(=O)c2ccccc2)cc1. The number of hydrogen-bond acceptors (Lipinski definition) is 3. The zero-order valence-corrected chi connectivity index (χ0v) is 17.5. The van der Waals surface area contributed by atoms with Crippen molar-refractivity contribution in [3.63, 3.8) is 0 Å². The van der Waals surface area contributed by atoms with Gasteiger partial charge >= 0.3 is 0 Å². The summed E-state index contributed by atoms with van der Waals surface area (Å²) in [4.78, 5) is 12.9. The second-order valence-electron chi connectivity index (χ2n) is 8.25. The second kappa shape index (κ2) is 8.05. The molecule has 1 heterocycles. The Bertz CT molecular complexity index is 917. The molecule has 1 N–H and O–H groups in total. The van der Waals surface area contributed by atoms with Crippen LogP contribution in [0.15, 0.2) is 59.5 Å². The zero-order chi connectivity index (χ0) is 20.4. The normalized spacial score (nSPS) is 18.2. The van der Waals surface area contributed by atoms with Gasteiger partial charge in [-0.1, -0.05) is 63.2 Å². The number of nitrogens with zero attached hydrogens (tertiary/aromatic N) is 1. The molecule has 0 bridgehead atoms. The molecule has 1 saturated heterocycles. The van der Waals surface area contributed by atoms with Crippen LogP contribution in [-0.2, 0) is 26.8 Å². The predicted molar refractivity (Wildman–Crippen MR) is 110 cm³/mol. The van der Waals surface area contributed by atoms with E-state index >= 15 is 0 Å². The molecule has 0 aliphatic carbocycles. The smallest absolute Gasteiger partial charge is 0.243 e. The van der Waals surface area contributed by atoms with Crippen LogP contribution >= 0.6 is 0 Å². The van der Waals surface area contributed by atoms with E-state index in [1.807, 2.05) is 12.1 Å². The quantitative estimate of drug-likeness (QED) is 0.836. The van der Waals surface area contributed by atoms with Crippen molar-refractivity contribution in [2.24, 2.45) is 0 Å². The highest BCUT2D eigenvalue weighted by molar-refractivity contribution is 7.89. The second-order valence-corrected chi connectivity index (χ2v) is 10.1. The van der Waals surface area contributed by atoms with Crippen LogP contribution in [0.3, 0.4) is 0 Å². The minimum atomic E-state index is -3.67. The van der Waals surface area contributed by atoms with Crippen LogP contribution in [0.5, 0.6) is 0 Å². The highest BCUT2D eigenvalue weighted by Gasteiger charge is 2.39. The first-order valence-electron chi connectivity index (χ1n) is 9.63. The topological polar surface area (TPSA) is 66.5 Å². The molecule has 1 atom stereocenters. The molecule has 0 saturated carbocycles. The van der Waals surface area contributed by atoms with E-state index in [1.165, 1.54) is 9.87 Å². The molecule has 0 aromatic heterocycles. The Balaban J connectivity index is 1.67. The highest BCUT2D eigenvalue weighted by atomic mass is 32.2. The summed E-state index contributed by atoms with van der Waals surface area (Å²) in [5.41, 5.74) is 2.31. The first-order chi connectivity index (χ1) is 13.2. The van der Waals surface area contributed by atoms with Crippen LogP contribution in [-0.4, -0.2) is 31.2 Å². The van der Waals surface area contributed by atoms with Gasteiger partial charge in [0.05, 0.1) is 4.90 Å². The summed E-state index contributed by atoms with van der Waals surface area (Å²) in [7, 11) is -3.67. The predicted octanol–water partition coefficient (Wildman–Crippen LogP) is 3.45. The average molecular weight is 401 g/mol. The molecule has 150 valence electrons. The summed E-state index contributed by atoms with van der Waals surface area (Å²) in [6.07, 6.45) is 1.23. The maximum absolute atomic E-state index is 12.9. The maximum atomic E-state index is 12.9. The van der Waals surface area contributed by atoms with Crippen molar-refractivity contribution in [2.75, 3.05) is 6.54 Å². The van der Waals surface area contributed by atoms with Gasteiger partial charge in [0.2, 0.25) is 15.9 Å². The van der Waals surface area contributed by atoms with Gasteiger partial charge in [-0.3, -0.25) is 4.79 Å². The lowest BCUT2D eigenvalue weighted by atomic mass is 9.87. The van der Waals surface area contributed by atoms with Crippen molar-refractivity contribution in [1.29, 1.82) is 0 Å². The van der Waals surface area contributed by atoms with E-state index in [4.69, 9.17) is 0 Å². The lowest BCUT2D eigenvalue weighted by molar-refractivity contribution is -0.124. The lowest BCUT2D eigenvalue weighted by Crippen LogP contribution is -2.45. The third-order valence-corrected chi connectivity index (χ3v) is 7.07. The van der Waals surface area contributed by atoms with E-state index in [0.717, 1.165) is 5.56 Å². The largest absolute Gasteiger partial charge is 0.351 e. The van der Waals surface area contributed by atoms with E-state index in [0.29, 0.717) is 25.9 Å². The maximum Gasteiger partial charge on any atom is 0.243 e. The van der Waals surface area contributed by atoms with Crippen LogP contribution in [0.25, 0.3) is 0 Å². The fraction of sp³-hybridized carbons (Fsp3) is 0.409. The molecule has 1 aliphatic rings. The van der Waals surface area contributed by atoms with Gasteiger partial charge in [-0.05, 0) is 41.5 Å². The third-order valence-electron chi connectivity index (χ3n) is 5.14. The number of benzene rings is 2. The van der Waals surface area contributed by atoms with Gasteiger partial charge in [0.25, 0.3) is 0 Å². The summed E-state index contributed by atoms with van der Waals surface area (Å²) >= 11 is 0. The molecule has 0 radical (unpaired) electrons. The van der Waals surface area contributed by atoms with Gasteiger partial charge < -0.3 is 5.32 Å². The monoisotopic (exact) mass is 400 g/mol. The van der Waals surface area contributed by atoms with Crippen molar-refractivity contribution in [2.45, 2.75) is 56.5 Å². The van der Waals surface area contributed by atoms with Crippen LogP contribution in [0.1, 0.15) is 44.7 Å². The van der Waals surface area contributed by atoms with E-state index < -0.39 is 16.1 Å². The molecular formula is C22H28N2O3S. The lowest BCUT2D eigenvalue weighted by Gasteiger charge is -2.23. The molecule has 1 fully saturated rings. The molecule has 2 aromatic carbocycles. The average Bonchev–Trinajstić information content (AvgIpc) is 3.17. The van der Waals surface area contributed by atoms with Crippen LogP contribution in [0.4, 0.5) is 0 Å². The Kier molecular flexibility index (Phi) is 5.91. The van der Waals surface area contributed by atoms with Crippen molar-refractivity contribution in [3.8, 4) is 0 Å². The van der Waals surface area contributed by atoms with Crippen LogP contribution in [0, 0.1) is 0 Å². The van der Waals surface area contributed by atoms with Crippen molar-refractivity contribution in [1.82, 2.24) is 9.62 Å². The standard InChI is InChI=1S/C22H28N2O3S/c1-22(2,3)18-13-11-17(12-14-18)16-23-21(25)20-10-7-15-24(20)28(26,27)19-8-5-4-6-9-19/h4-6,8-9,11-14,20H,7,10,15-16H2,1-3H3,(H,23,25)/t20-/m0/s1.